The van der Waals surface area contributed by atoms with E-state index in [0.29, 0.717) is 42.1 Å². The Morgan fingerprint density at radius 1 is 1.19 bits per heavy atom. The van der Waals surface area contributed by atoms with Crippen LogP contribution < -0.4 is 4.90 Å². The fourth-order valence-corrected chi connectivity index (χ4v) is 4.17. The van der Waals surface area contributed by atoms with Crippen LogP contribution in [0, 0.1) is 11.7 Å². The minimum absolute atomic E-state index is 0.0362. The molecule has 1 aromatic carbocycles. The zero-order chi connectivity index (χ0) is 21.7. The fraction of sp³-hybridized carbons (Fsp3) is 0.364. The third kappa shape index (κ3) is 3.49. The molecule has 1 unspecified atom stereocenters. The number of esters is 1. The molecule has 1 saturated heterocycles. The number of methoxy groups -OCH3 is 1. The van der Waals surface area contributed by atoms with Crippen molar-refractivity contribution in [3.63, 3.8) is 0 Å². The average molecular weight is 424 g/mol. The predicted molar refractivity (Wildman–Crippen MR) is 110 cm³/mol. The van der Waals surface area contributed by atoms with Crippen molar-refractivity contribution < 1.29 is 23.8 Å². The van der Waals surface area contributed by atoms with E-state index in [1.165, 1.54) is 13.2 Å². The lowest BCUT2D eigenvalue weighted by Crippen LogP contribution is -2.23. The molecule has 0 spiro atoms. The molecule has 1 aliphatic carbocycles. The highest BCUT2D eigenvalue weighted by molar-refractivity contribution is 5.86. The third-order valence-electron chi connectivity index (χ3n) is 5.99. The lowest BCUT2D eigenvalue weighted by atomic mass is 10.1. The van der Waals surface area contributed by atoms with Gasteiger partial charge in [-0.2, -0.15) is 5.10 Å². The first-order valence-corrected chi connectivity index (χ1v) is 10.2. The van der Waals surface area contributed by atoms with Crippen LogP contribution in [0.1, 0.15) is 41.4 Å². The number of carboxylic acid groups (broad SMARTS) is 1. The molecule has 8 nitrogen and oxygen atoms in total. The second-order valence-corrected chi connectivity index (χ2v) is 8.06. The monoisotopic (exact) mass is 424 g/mol. The van der Waals surface area contributed by atoms with Crippen LogP contribution in [0.25, 0.3) is 16.9 Å². The molecular formula is C22H21FN4O4. The molecule has 1 atom stereocenters. The molecule has 0 bridgehead atoms. The van der Waals surface area contributed by atoms with Gasteiger partial charge in [0.15, 0.2) is 11.3 Å². The summed E-state index contributed by atoms with van der Waals surface area (Å²) in [7, 11) is 1.37. The summed E-state index contributed by atoms with van der Waals surface area (Å²) in [6.45, 7) is 1.14. The van der Waals surface area contributed by atoms with Crippen molar-refractivity contribution in [1.82, 2.24) is 14.6 Å². The molecule has 1 aliphatic heterocycles. The Morgan fingerprint density at radius 3 is 2.68 bits per heavy atom. The van der Waals surface area contributed by atoms with Crippen molar-refractivity contribution in [2.45, 2.75) is 25.2 Å². The zero-order valence-electron chi connectivity index (χ0n) is 16.9. The molecule has 0 amide bonds. The Balaban J connectivity index is 1.47. The number of hydrogen-bond acceptors (Lipinski definition) is 6. The second kappa shape index (κ2) is 7.33. The van der Waals surface area contributed by atoms with E-state index in [9.17, 15) is 14.7 Å². The van der Waals surface area contributed by atoms with Crippen LogP contribution in [0.2, 0.25) is 0 Å². The first-order valence-electron chi connectivity index (χ1n) is 10.2. The molecule has 160 valence electrons. The van der Waals surface area contributed by atoms with Gasteiger partial charge in [0.2, 0.25) is 0 Å². The summed E-state index contributed by atoms with van der Waals surface area (Å²) in [6, 6.07) is 8.07. The van der Waals surface area contributed by atoms with Gasteiger partial charge < -0.3 is 14.7 Å². The topological polar surface area (TPSA) is 97.0 Å². The summed E-state index contributed by atoms with van der Waals surface area (Å²) in [4.78, 5) is 29.3. The van der Waals surface area contributed by atoms with Gasteiger partial charge in [-0.1, -0.05) is 0 Å². The number of ether oxygens (including phenoxy) is 1. The van der Waals surface area contributed by atoms with Crippen molar-refractivity contribution in [3.8, 4) is 11.3 Å². The van der Waals surface area contributed by atoms with Gasteiger partial charge in [-0.25, -0.2) is 18.7 Å². The molecule has 3 aromatic rings. The normalized spacial score (nSPS) is 18.5. The number of nitrogens with zero attached hydrogens (tertiary/aromatic N) is 4. The summed E-state index contributed by atoms with van der Waals surface area (Å²) >= 11 is 0. The number of fused-ring (bicyclic) bond motifs is 1. The van der Waals surface area contributed by atoms with Crippen LogP contribution >= 0.6 is 0 Å². The highest BCUT2D eigenvalue weighted by atomic mass is 19.1. The standard InChI is InChI=1S/C22H21FN4O4/c1-31-22(30)13-6-7-26(11-13)14-4-5-15(16(23)8-14)17-10-20-24-18(21(28)29)9-19(12-2-3-12)27(20)25-17/h4-5,8-10,12-13H,2-3,6-7,11H2,1H3,(H,28,29). The molecule has 2 aromatic heterocycles. The minimum atomic E-state index is -1.10. The number of carboxylic acids is 1. The van der Waals surface area contributed by atoms with Crippen molar-refractivity contribution in [1.29, 1.82) is 0 Å². The van der Waals surface area contributed by atoms with Crippen LogP contribution in [-0.2, 0) is 9.53 Å². The van der Waals surface area contributed by atoms with Crippen molar-refractivity contribution in [2.24, 2.45) is 5.92 Å². The van der Waals surface area contributed by atoms with Gasteiger partial charge in [-0.3, -0.25) is 4.79 Å². The highest BCUT2D eigenvalue weighted by Gasteiger charge is 2.30. The van der Waals surface area contributed by atoms with Gasteiger partial charge in [0, 0.05) is 42.0 Å². The van der Waals surface area contributed by atoms with E-state index >= 15 is 4.39 Å². The number of rotatable bonds is 5. The zero-order valence-corrected chi connectivity index (χ0v) is 16.9. The molecule has 2 fully saturated rings. The maximum atomic E-state index is 15.0. The molecule has 1 N–H and O–H groups in total. The van der Waals surface area contributed by atoms with Gasteiger partial charge in [0.05, 0.1) is 18.7 Å². The van der Waals surface area contributed by atoms with E-state index in [-0.39, 0.29) is 23.5 Å². The van der Waals surface area contributed by atoms with Gasteiger partial charge in [0.25, 0.3) is 0 Å². The largest absolute Gasteiger partial charge is 0.477 e. The van der Waals surface area contributed by atoms with E-state index < -0.39 is 11.8 Å². The molecule has 1 saturated carbocycles. The van der Waals surface area contributed by atoms with E-state index in [1.807, 2.05) is 4.90 Å². The van der Waals surface area contributed by atoms with Crippen LogP contribution in [0.3, 0.4) is 0 Å². The first-order chi connectivity index (χ1) is 14.9. The molecule has 5 rings (SSSR count). The Kier molecular flexibility index (Phi) is 4.60. The van der Waals surface area contributed by atoms with E-state index in [4.69, 9.17) is 4.74 Å². The Morgan fingerprint density at radius 2 is 2.00 bits per heavy atom. The average Bonchev–Trinajstić information content (AvgIpc) is 3.32. The summed E-state index contributed by atoms with van der Waals surface area (Å²) in [5.41, 5.74) is 2.55. The maximum absolute atomic E-state index is 15.0. The second-order valence-electron chi connectivity index (χ2n) is 8.06. The van der Waals surface area contributed by atoms with Crippen LogP contribution in [-0.4, -0.2) is 51.8 Å². The SMILES string of the molecule is COC(=O)C1CCN(c2ccc(-c3cc4nc(C(=O)O)cc(C5CC5)n4n3)c(F)c2)C1. The quantitative estimate of drug-likeness (QED) is 0.629. The van der Waals surface area contributed by atoms with Crippen molar-refractivity contribution in [2.75, 3.05) is 25.1 Å². The Hall–Kier alpha value is -3.49. The highest BCUT2D eigenvalue weighted by Crippen LogP contribution is 2.40. The first kappa shape index (κ1) is 19.5. The lowest BCUT2D eigenvalue weighted by Gasteiger charge is -2.18. The smallest absolute Gasteiger partial charge is 0.354 e. The number of carbonyl (C=O) groups excluding carboxylic acids is 1. The van der Waals surface area contributed by atoms with E-state index in [2.05, 4.69) is 10.1 Å². The van der Waals surface area contributed by atoms with Gasteiger partial charge in [-0.05, 0) is 43.5 Å². The molecule has 2 aliphatic rings. The lowest BCUT2D eigenvalue weighted by molar-refractivity contribution is -0.144. The van der Waals surface area contributed by atoms with Gasteiger partial charge in [-0.15, -0.1) is 0 Å². The fourth-order valence-electron chi connectivity index (χ4n) is 4.17. The molecule has 0 radical (unpaired) electrons. The number of aromatic carboxylic acids is 1. The predicted octanol–water partition coefficient (Wildman–Crippen LogP) is 3.11. The molecule has 3 heterocycles. The Bertz CT molecular complexity index is 1200. The number of aromatic nitrogens is 3. The summed E-state index contributed by atoms with van der Waals surface area (Å²) in [6.07, 6.45) is 2.61. The summed E-state index contributed by atoms with van der Waals surface area (Å²) in [5.74, 6) is -1.74. The van der Waals surface area contributed by atoms with Crippen LogP contribution in [0.5, 0.6) is 0 Å². The Labute approximate surface area is 177 Å². The number of hydrogen-bond donors (Lipinski definition) is 1. The van der Waals surface area contributed by atoms with Crippen LogP contribution in [0.15, 0.2) is 30.3 Å². The minimum Gasteiger partial charge on any atom is -0.477 e. The third-order valence-corrected chi connectivity index (χ3v) is 5.99. The number of carbonyl (C=O) groups is 2. The van der Waals surface area contributed by atoms with Crippen molar-refractivity contribution >= 4 is 23.3 Å². The molecular weight excluding hydrogens is 403 g/mol. The van der Waals surface area contributed by atoms with Crippen LogP contribution in [0.4, 0.5) is 10.1 Å². The number of anilines is 1. The van der Waals surface area contributed by atoms with Gasteiger partial charge in [0.1, 0.15) is 5.82 Å². The van der Waals surface area contributed by atoms with E-state index in [0.717, 1.165) is 18.5 Å². The maximum Gasteiger partial charge on any atom is 0.354 e. The summed E-state index contributed by atoms with van der Waals surface area (Å²) < 4.78 is 21.5. The van der Waals surface area contributed by atoms with E-state index in [1.54, 1.807) is 28.8 Å². The molecule has 31 heavy (non-hydrogen) atoms. The molecule has 9 heteroatoms. The number of halogens is 1. The van der Waals surface area contributed by atoms with Gasteiger partial charge >= 0.3 is 11.9 Å². The summed E-state index contributed by atoms with van der Waals surface area (Å²) in [5, 5.41) is 13.9. The van der Waals surface area contributed by atoms with Crippen molar-refractivity contribution in [3.05, 3.63) is 47.5 Å². The number of benzene rings is 1.